The second-order valence-corrected chi connectivity index (χ2v) is 9.26. The molecule has 7 nitrogen and oxygen atoms in total. The molecule has 0 aliphatic heterocycles. The third-order valence-electron chi connectivity index (χ3n) is 6.32. The molecule has 4 aromatic rings. The third kappa shape index (κ3) is 4.65. The van der Waals surface area contributed by atoms with Crippen LogP contribution >= 0.6 is 0 Å². The van der Waals surface area contributed by atoms with Crippen molar-refractivity contribution in [3.63, 3.8) is 0 Å². The number of benzene rings is 2. The summed E-state index contributed by atoms with van der Waals surface area (Å²) in [5, 5.41) is 7.85. The number of nitrogens with zero attached hydrogens (tertiary/aromatic N) is 3. The Morgan fingerprint density at radius 1 is 0.882 bits per heavy atom. The van der Waals surface area contributed by atoms with E-state index in [0.717, 1.165) is 29.9 Å². The molecule has 2 aromatic carbocycles. The van der Waals surface area contributed by atoms with Gasteiger partial charge in [0.25, 0.3) is 0 Å². The van der Waals surface area contributed by atoms with Gasteiger partial charge >= 0.3 is 0 Å². The van der Waals surface area contributed by atoms with Crippen molar-refractivity contribution < 1.29 is 13.9 Å². The van der Waals surface area contributed by atoms with Crippen LogP contribution in [0.3, 0.4) is 0 Å². The smallest absolute Gasteiger partial charge is 0.249 e. The van der Waals surface area contributed by atoms with Gasteiger partial charge in [-0.2, -0.15) is 0 Å². The zero-order valence-corrected chi connectivity index (χ0v) is 19.6. The summed E-state index contributed by atoms with van der Waals surface area (Å²) in [6.07, 6.45) is 3.77. The molecule has 5 rings (SSSR count). The molecule has 1 saturated carbocycles. The van der Waals surface area contributed by atoms with Crippen LogP contribution in [0.25, 0.3) is 11.5 Å². The number of ether oxygens (including phenoxy) is 2. The van der Waals surface area contributed by atoms with Gasteiger partial charge in [-0.05, 0) is 54.3 Å². The van der Waals surface area contributed by atoms with E-state index in [-0.39, 0.29) is 17.6 Å². The molecular weight excluding hydrogens is 428 g/mol. The van der Waals surface area contributed by atoms with Crippen molar-refractivity contribution in [2.24, 2.45) is 5.73 Å². The van der Waals surface area contributed by atoms with Crippen molar-refractivity contribution in [1.29, 1.82) is 0 Å². The van der Waals surface area contributed by atoms with Crippen LogP contribution in [0, 0.1) is 6.92 Å². The molecule has 1 aliphatic rings. The second kappa shape index (κ2) is 8.91. The molecule has 0 radical (unpaired) electrons. The number of pyridine rings is 1. The van der Waals surface area contributed by atoms with Gasteiger partial charge in [0.15, 0.2) is 0 Å². The number of hydrogen-bond donors (Lipinski definition) is 1. The van der Waals surface area contributed by atoms with Gasteiger partial charge in [-0.25, -0.2) is 4.98 Å². The fourth-order valence-corrected chi connectivity index (χ4v) is 4.05. The van der Waals surface area contributed by atoms with E-state index in [9.17, 15) is 0 Å². The van der Waals surface area contributed by atoms with Crippen molar-refractivity contribution in [3.8, 4) is 28.8 Å². The highest BCUT2D eigenvalue weighted by Gasteiger charge is 2.28. The summed E-state index contributed by atoms with van der Waals surface area (Å²) in [5.74, 6) is 3.07. The van der Waals surface area contributed by atoms with E-state index in [0.29, 0.717) is 17.7 Å². The van der Waals surface area contributed by atoms with E-state index < -0.39 is 0 Å². The van der Waals surface area contributed by atoms with Crippen LogP contribution in [0.1, 0.15) is 43.7 Å². The second-order valence-electron chi connectivity index (χ2n) is 9.26. The highest BCUT2D eigenvalue weighted by molar-refractivity contribution is 5.51. The molecule has 1 fully saturated rings. The molecule has 2 heterocycles. The quantitative estimate of drug-likeness (QED) is 0.396. The number of aryl methyl sites for hydroxylation is 1. The SMILES string of the molecule is Cc1nnc(-c2ccc(Oc3ccc(C(C)(C)c4ccc(OC5CC(N)C5)cc4)cc3)nc2)o1. The normalized spacial score (nSPS) is 17.8. The van der Waals surface area contributed by atoms with Gasteiger partial charge in [-0.15, -0.1) is 10.2 Å². The first-order chi connectivity index (χ1) is 16.4. The molecule has 0 atom stereocenters. The zero-order chi connectivity index (χ0) is 23.7. The van der Waals surface area contributed by atoms with Crippen molar-refractivity contribution >= 4 is 0 Å². The van der Waals surface area contributed by atoms with Gasteiger partial charge in [-0.3, -0.25) is 0 Å². The van der Waals surface area contributed by atoms with Crippen LogP contribution in [0.15, 0.2) is 71.3 Å². The Hall–Kier alpha value is -3.71. The van der Waals surface area contributed by atoms with E-state index in [1.54, 1.807) is 19.2 Å². The van der Waals surface area contributed by atoms with E-state index in [4.69, 9.17) is 19.6 Å². The van der Waals surface area contributed by atoms with Gasteiger partial charge < -0.3 is 19.6 Å². The summed E-state index contributed by atoms with van der Waals surface area (Å²) < 4.78 is 17.3. The molecule has 0 bridgehead atoms. The lowest BCUT2D eigenvalue weighted by atomic mass is 9.78. The van der Waals surface area contributed by atoms with Crippen LogP contribution in [0.5, 0.6) is 17.4 Å². The maximum Gasteiger partial charge on any atom is 0.249 e. The number of aromatic nitrogens is 3. The monoisotopic (exact) mass is 456 g/mol. The zero-order valence-electron chi connectivity index (χ0n) is 19.6. The lowest BCUT2D eigenvalue weighted by molar-refractivity contribution is 0.101. The molecule has 2 N–H and O–H groups in total. The number of hydrogen-bond acceptors (Lipinski definition) is 7. The summed E-state index contributed by atoms with van der Waals surface area (Å²) in [6, 6.07) is 20.4. The van der Waals surface area contributed by atoms with Crippen molar-refractivity contribution in [3.05, 3.63) is 83.9 Å². The van der Waals surface area contributed by atoms with Gasteiger partial charge in [0.2, 0.25) is 17.7 Å². The first-order valence-electron chi connectivity index (χ1n) is 11.4. The molecule has 34 heavy (non-hydrogen) atoms. The summed E-state index contributed by atoms with van der Waals surface area (Å²) in [5.41, 5.74) is 8.83. The van der Waals surface area contributed by atoms with Crippen LogP contribution in [-0.2, 0) is 5.41 Å². The molecule has 7 heteroatoms. The van der Waals surface area contributed by atoms with Gasteiger partial charge in [0.05, 0.1) is 5.56 Å². The Kier molecular flexibility index (Phi) is 5.79. The fraction of sp³-hybridized carbons (Fsp3) is 0.296. The molecule has 0 spiro atoms. The third-order valence-corrected chi connectivity index (χ3v) is 6.32. The molecule has 0 unspecified atom stereocenters. The van der Waals surface area contributed by atoms with Gasteiger partial charge in [-0.1, -0.05) is 38.1 Å². The molecule has 174 valence electrons. The summed E-state index contributed by atoms with van der Waals surface area (Å²) >= 11 is 0. The van der Waals surface area contributed by atoms with Crippen molar-refractivity contribution in [2.75, 3.05) is 0 Å². The minimum absolute atomic E-state index is 0.169. The number of nitrogens with two attached hydrogens (primary N) is 1. The van der Waals surface area contributed by atoms with E-state index in [1.165, 1.54) is 11.1 Å². The van der Waals surface area contributed by atoms with Gasteiger partial charge in [0, 0.05) is 30.6 Å². The van der Waals surface area contributed by atoms with Crippen LogP contribution in [-0.4, -0.2) is 27.3 Å². The van der Waals surface area contributed by atoms with Crippen LogP contribution < -0.4 is 15.2 Å². The summed E-state index contributed by atoms with van der Waals surface area (Å²) in [4.78, 5) is 4.35. The van der Waals surface area contributed by atoms with Crippen molar-refractivity contribution in [2.45, 2.75) is 51.2 Å². The summed E-state index contributed by atoms with van der Waals surface area (Å²) in [6.45, 7) is 6.18. The van der Waals surface area contributed by atoms with E-state index in [1.807, 2.05) is 30.3 Å². The Bertz CT molecular complexity index is 1240. The number of rotatable bonds is 7. The summed E-state index contributed by atoms with van der Waals surface area (Å²) in [7, 11) is 0. The topological polar surface area (TPSA) is 96.3 Å². The minimum atomic E-state index is -0.169. The van der Waals surface area contributed by atoms with E-state index in [2.05, 4.69) is 53.3 Å². The maximum absolute atomic E-state index is 5.99. The predicted molar refractivity (Wildman–Crippen MR) is 129 cm³/mol. The van der Waals surface area contributed by atoms with Crippen molar-refractivity contribution in [1.82, 2.24) is 15.2 Å². The molecule has 0 saturated heterocycles. The average Bonchev–Trinajstić information content (AvgIpc) is 3.25. The minimum Gasteiger partial charge on any atom is -0.490 e. The first-order valence-corrected chi connectivity index (χ1v) is 11.4. The van der Waals surface area contributed by atoms with Gasteiger partial charge in [0.1, 0.15) is 17.6 Å². The first kappa shape index (κ1) is 22.1. The molecule has 0 amide bonds. The lowest BCUT2D eigenvalue weighted by Gasteiger charge is -2.33. The largest absolute Gasteiger partial charge is 0.490 e. The Balaban J connectivity index is 1.24. The Morgan fingerprint density at radius 2 is 1.53 bits per heavy atom. The Labute approximate surface area is 199 Å². The molecule has 2 aromatic heterocycles. The highest BCUT2D eigenvalue weighted by atomic mass is 16.5. The highest BCUT2D eigenvalue weighted by Crippen LogP contribution is 2.34. The van der Waals surface area contributed by atoms with E-state index >= 15 is 0 Å². The molecule has 1 aliphatic carbocycles. The lowest BCUT2D eigenvalue weighted by Crippen LogP contribution is -2.43. The van der Waals surface area contributed by atoms with Crippen LogP contribution in [0.2, 0.25) is 0 Å². The maximum atomic E-state index is 5.99. The Morgan fingerprint density at radius 3 is 2.06 bits per heavy atom. The molecular formula is C27H28N4O3. The average molecular weight is 457 g/mol. The fourth-order valence-electron chi connectivity index (χ4n) is 4.05. The predicted octanol–water partition coefficient (Wildman–Crippen LogP) is 5.43. The van der Waals surface area contributed by atoms with Crippen LogP contribution in [0.4, 0.5) is 0 Å². The standard InChI is InChI=1S/C27H28N4O3/c1-17-30-31-26(32-17)18-4-13-25(29-16-18)34-23-11-7-20(8-12-23)27(2,3)19-5-9-22(10-6-19)33-24-14-21(28)15-24/h4-13,16,21,24H,14-15,28H2,1-3H3.